The Morgan fingerprint density at radius 3 is 2.11 bits per heavy atom. The molecule has 0 heterocycles. The van der Waals surface area contributed by atoms with E-state index in [0.717, 1.165) is 28.1 Å². The lowest BCUT2D eigenvalue weighted by molar-refractivity contribution is -0.140. The van der Waals surface area contributed by atoms with Crippen LogP contribution < -0.4 is 9.62 Å². The van der Waals surface area contributed by atoms with E-state index in [2.05, 4.69) is 5.32 Å². The van der Waals surface area contributed by atoms with Gasteiger partial charge in [-0.2, -0.15) is 0 Å². The largest absolute Gasteiger partial charge is 0.355 e. The Kier molecular flexibility index (Phi) is 10.3. The van der Waals surface area contributed by atoms with Gasteiger partial charge >= 0.3 is 0 Å². The smallest absolute Gasteiger partial charge is 0.244 e. The molecule has 0 aliphatic rings. The number of anilines is 1. The molecule has 0 fully saturated rings. The number of halogens is 1. The molecule has 7 nitrogen and oxygen atoms in total. The van der Waals surface area contributed by atoms with Crippen molar-refractivity contribution in [1.82, 2.24) is 10.2 Å². The van der Waals surface area contributed by atoms with Crippen LogP contribution in [0.25, 0.3) is 0 Å². The fraction of sp³-hybridized carbons (Fsp3) is 0.310. The second-order valence-corrected chi connectivity index (χ2v) is 11.3. The number of carbonyl (C=O) groups is 2. The lowest BCUT2D eigenvalue weighted by atomic mass is 10.0. The summed E-state index contributed by atoms with van der Waals surface area (Å²) in [5.74, 6) is -0.836. The van der Waals surface area contributed by atoms with E-state index < -0.39 is 28.5 Å². The van der Waals surface area contributed by atoms with Crippen LogP contribution in [0.4, 0.5) is 5.69 Å². The minimum absolute atomic E-state index is 0.0412. The van der Waals surface area contributed by atoms with E-state index in [0.29, 0.717) is 22.8 Å². The van der Waals surface area contributed by atoms with E-state index >= 15 is 0 Å². The van der Waals surface area contributed by atoms with Gasteiger partial charge in [-0.1, -0.05) is 79.2 Å². The van der Waals surface area contributed by atoms with E-state index in [1.165, 1.54) is 4.90 Å². The Bertz CT molecular complexity index is 1330. The van der Waals surface area contributed by atoms with Crippen molar-refractivity contribution in [2.45, 2.75) is 39.3 Å². The summed E-state index contributed by atoms with van der Waals surface area (Å²) in [6, 6.07) is 22.7. The molecule has 0 aliphatic carbocycles. The van der Waals surface area contributed by atoms with Crippen molar-refractivity contribution < 1.29 is 18.0 Å². The molecule has 2 amide bonds. The number of benzene rings is 3. The third-order valence-corrected chi connectivity index (χ3v) is 7.74. The zero-order chi connectivity index (χ0) is 27.7. The Balaban J connectivity index is 2.03. The van der Waals surface area contributed by atoms with Crippen molar-refractivity contribution >= 4 is 39.1 Å². The molecule has 3 rings (SSSR count). The lowest BCUT2D eigenvalue weighted by Crippen LogP contribution is -2.53. The minimum atomic E-state index is -3.80. The van der Waals surface area contributed by atoms with Crippen LogP contribution in [0.3, 0.4) is 0 Å². The highest BCUT2D eigenvalue weighted by Gasteiger charge is 2.33. The second-order valence-electron chi connectivity index (χ2n) is 9.00. The Morgan fingerprint density at radius 2 is 1.53 bits per heavy atom. The molecular formula is C29H34ClN3O4S. The van der Waals surface area contributed by atoms with Crippen LogP contribution in [0.1, 0.15) is 30.5 Å². The topological polar surface area (TPSA) is 86.8 Å². The zero-order valence-corrected chi connectivity index (χ0v) is 23.5. The van der Waals surface area contributed by atoms with Crippen LogP contribution in [0.15, 0.2) is 78.9 Å². The molecule has 0 saturated heterocycles. The molecule has 0 saturated carbocycles. The van der Waals surface area contributed by atoms with Gasteiger partial charge in [0, 0.05) is 24.5 Å². The van der Waals surface area contributed by atoms with Crippen LogP contribution in [0.5, 0.6) is 0 Å². The van der Waals surface area contributed by atoms with E-state index in [1.54, 1.807) is 36.4 Å². The lowest BCUT2D eigenvalue weighted by Gasteiger charge is -2.33. The summed E-state index contributed by atoms with van der Waals surface area (Å²) >= 11 is 6.44. The highest BCUT2D eigenvalue weighted by atomic mass is 35.5. The summed E-state index contributed by atoms with van der Waals surface area (Å²) in [4.78, 5) is 28.7. The maximum absolute atomic E-state index is 13.9. The van der Waals surface area contributed by atoms with Crippen molar-refractivity contribution in [2.75, 3.05) is 23.7 Å². The number of rotatable bonds is 12. The summed E-state index contributed by atoms with van der Waals surface area (Å²) in [5.41, 5.74) is 2.96. The Hall–Kier alpha value is -3.36. The quantitative estimate of drug-likeness (QED) is 0.358. The number of likely N-dealkylation sites (N-methyl/N-ethyl adjacent to an activating group) is 1. The molecule has 0 bridgehead atoms. The van der Waals surface area contributed by atoms with Crippen molar-refractivity contribution in [3.63, 3.8) is 0 Å². The summed E-state index contributed by atoms with van der Waals surface area (Å²) < 4.78 is 26.7. The number of sulfonamides is 1. The van der Waals surface area contributed by atoms with Crippen LogP contribution in [0.2, 0.25) is 5.02 Å². The third-order valence-electron chi connectivity index (χ3n) is 6.23. The number of nitrogens with zero attached hydrogens (tertiary/aromatic N) is 2. The number of aryl methyl sites for hydroxylation is 1. The number of hydrogen-bond acceptors (Lipinski definition) is 4. The first-order valence-corrected chi connectivity index (χ1v) is 14.8. The van der Waals surface area contributed by atoms with Gasteiger partial charge in [-0.05, 0) is 48.2 Å². The van der Waals surface area contributed by atoms with Crippen molar-refractivity contribution in [3.05, 3.63) is 101 Å². The first-order valence-electron chi connectivity index (χ1n) is 12.5. The van der Waals surface area contributed by atoms with Crippen molar-refractivity contribution in [2.24, 2.45) is 0 Å². The zero-order valence-electron chi connectivity index (χ0n) is 21.9. The molecule has 0 unspecified atom stereocenters. The first-order chi connectivity index (χ1) is 18.1. The summed E-state index contributed by atoms with van der Waals surface area (Å²) in [5, 5.41) is 3.29. The molecule has 1 atom stereocenters. The number of nitrogens with one attached hydrogen (secondary N) is 1. The molecule has 0 radical (unpaired) electrons. The van der Waals surface area contributed by atoms with Crippen LogP contribution in [-0.2, 0) is 39.0 Å². The molecule has 3 aromatic carbocycles. The average Bonchev–Trinajstić information content (AvgIpc) is 2.90. The van der Waals surface area contributed by atoms with Gasteiger partial charge in [0.05, 0.1) is 11.9 Å². The SMILES string of the molecule is CCNC(=O)[C@H](Cc1ccccc1)N(Cc1ccccc1Cl)C(=O)CN(c1ccc(CC)cc1)S(C)(=O)=O. The fourth-order valence-electron chi connectivity index (χ4n) is 4.17. The highest BCUT2D eigenvalue weighted by molar-refractivity contribution is 7.92. The van der Waals surface area contributed by atoms with Gasteiger partial charge in [-0.25, -0.2) is 8.42 Å². The van der Waals surface area contributed by atoms with Crippen molar-refractivity contribution in [3.8, 4) is 0 Å². The molecule has 9 heteroatoms. The van der Waals surface area contributed by atoms with Gasteiger partial charge in [0.15, 0.2) is 0 Å². The maximum atomic E-state index is 13.9. The van der Waals surface area contributed by atoms with Gasteiger partial charge in [-0.3, -0.25) is 13.9 Å². The minimum Gasteiger partial charge on any atom is -0.355 e. The van der Waals surface area contributed by atoms with Gasteiger partial charge in [-0.15, -0.1) is 0 Å². The average molecular weight is 556 g/mol. The molecular weight excluding hydrogens is 522 g/mol. The molecule has 38 heavy (non-hydrogen) atoms. The number of hydrogen-bond donors (Lipinski definition) is 1. The van der Waals surface area contributed by atoms with Gasteiger partial charge in [0.25, 0.3) is 0 Å². The second kappa shape index (κ2) is 13.4. The van der Waals surface area contributed by atoms with E-state index in [-0.39, 0.29) is 18.9 Å². The predicted molar refractivity (Wildman–Crippen MR) is 153 cm³/mol. The van der Waals surface area contributed by atoms with Gasteiger partial charge in [0.1, 0.15) is 12.6 Å². The molecule has 0 aliphatic heterocycles. The van der Waals surface area contributed by atoms with Gasteiger partial charge in [0.2, 0.25) is 21.8 Å². The Morgan fingerprint density at radius 1 is 0.895 bits per heavy atom. The summed E-state index contributed by atoms with van der Waals surface area (Å²) in [6.45, 7) is 3.78. The molecule has 0 aromatic heterocycles. The van der Waals surface area contributed by atoms with Crippen LogP contribution in [-0.4, -0.2) is 50.5 Å². The maximum Gasteiger partial charge on any atom is 0.244 e. The van der Waals surface area contributed by atoms with Gasteiger partial charge < -0.3 is 10.2 Å². The first kappa shape index (κ1) is 29.2. The highest BCUT2D eigenvalue weighted by Crippen LogP contribution is 2.23. The van der Waals surface area contributed by atoms with Crippen LogP contribution in [0, 0.1) is 0 Å². The van der Waals surface area contributed by atoms with Crippen LogP contribution >= 0.6 is 11.6 Å². The standard InChI is InChI=1S/C29H34ClN3O4S/c1-4-22-15-17-25(18-16-22)33(38(3,36)37)21-28(34)32(20-24-13-9-10-14-26(24)30)27(29(35)31-5-2)19-23-11-7-6-8-12-23/h6-18,27H,4-5,19-21H2,1-3H3,(H,31,35)/t27-/m0/s1. The Labute approximate surface area is 230 Å². The number of carbonyl (C=O) groups excluding carboxylic acids is 2. The summed E-state index contributed by atoms with van der Waals surface area (Å²) in [6.07, 6.45) is 2.13. The normalized spacial score (nSPS) is 12.0. The van der Waals surface area contributed by atoms with E-state index in [9.17, 15) is 18.0 Å². The predicted octanol–water partition coefficient (Wildman–Crippen LogP) is 4.44. The third kappa shape index (κ3) is 7.82. The monoisotopic (exact) mass is 555 g/mol. The van der Waals surface area contributed by atoms with Crippen molar-refractivity contribution in [1.29, 1.82) is 0 Å². The van der Waals surface area contributed by atoms with E-state index in [1.807, 2.05) is 56.3 Å². The number of amides is 2. The molecule has 0 spiro atoms. The molecule has 3 aromatic rings. The van der Waals surface area contributed by atoms with E-state index in [4.69, 9.17) is 11.6 Å². The molecule has 1 N–H and O–H groups in total. The molecule has 202 valence electrons. The fourth-order valence-corrected chi connectivity index (χ4v) is 5.21. The summed E-state index contributed by atoms with van der Waals surface area (Å²) in [7, 11) is -3.80.